The van der Waals surface area contributed by atoms with Crippen LogP contribution in [-0.4, -0.2) is 106 Å². The highest BCUT2D eigenvalue weighted by molar-refractivity contribution is 7.99. The first-order chi connectivity index (χ1) is 18.2. The minimum absolute atomic E-state index is 0.0157. The van der Waals surface area contributed by atoms with Crippen LogP contribution in [0.2, 0.25) is 0 Å². The van der Waals surface area contributed by atoms with Gasteiger partial charge < -0.3 is 30.8 Å². The van der Waals surface area contributed by atoms with E-state index in [4.69, 9.17) is 20.4 Å². The highest BCUT2D eigenvalue weighted by Gasteiger charge is 2.55. The van der Waals surface area contributed by atoms with E-state index in [1.165, 1.54) is 4.68 Å². The van der Waals surface area contributed by atoms with E-state index in [-0.39, 0.29) is 66.2 Å². The minimum Gasteiger partial charge on any atom is -0.492 e. The van der Waals surface area contributed by atoms with Gasteiger partial charge in [-0.15, -0.1) is 5.10 Å². The molecule has 2 atom stereocenters. The van der Waals surface area contributed by atoms with Gasteiger partial charge >= 0.3 is 5.97 Å². The van der Waals surface area contributed by atoms with E-state index >= 15 is 0 Å². The summed E-state index contributed by atoms with van der Waals surface area (Å²) in [5, 5.41) is 36.9. The molecule has 0 unspecified atom stereocenters. The predicted octanol–water partition coefficient (Wildman–Crippen LogP) is -1.71. The number of aromatic nitrogens is 6. The number of hydrogen-bond acceptors (Lipinski definition) is 15. The quantitative estimate of drug-likeness (QED) is 0.0966. The van der Waals surface area contributed by atoms with Crippen LogP contribution in [0.4, 0.5) is 5.13 Å². The highest BCUT2D eigenvalue weighted by Crippen LogP contribution is 2.34. The summed E-state index contributed by atoms with van der Waals surface area (Å²) in [5.41, 5.74) is 5.02. The topological polar surface area (TPSA) is 233 Å². The summed E-state index contributed by atoms with van der Waals surface area (Å²) >= 11 is 1.95. The number of rotatable bonds is 12. The predicted molar refractivity (Wildman–Crippen MR) is 130 cm³/mol. The Hall–Kier alpha value is -3.84. The zero-order chi connectivity index (χ0) is 27.4. The van der Waals surface area contributed by atoms with E-state index in [0.717, 1.165) is 28.2 Å². The summed E-state index contributed by atoms with van der Waals surface area (Å²) in [6.45, 7) is 3.93. The number of tetrazole rings is 1. The average molecular weight is 569 g/mol. The summed E-state index contributed by atoms with van der Waals surface area (Å²) < 4.78 is 11.0. The number of carbonyl (C=O) groups excluding carboxylic acids is 2. The van der Waals surface area contributed by atoms with E-state index in [9.17, 15) is 19.5 Å². The standard InChI is InChI=1S/C19H24N10O7S2/c1-8(2)5-36-24-12(14-22-18(20)38-25-14)15(31)21-11-9-6-35-10(13(17(33)34)29(9)16(11)32)7-37-19-23-26-27-28(19)3-4-30/h8-9,11,30H,3-7H2,1-2H3,(H,21,31)(H,33,34)(H2,20,22,25)/b24-12-/t9-,11+/m1/s1. The number of anilines is 1. The number of β-lactam (4-membered cyclic amide) rings is 1. The molecule has 2 aliphatic rings. The second-order valence-corrected chi connectivity index (χ2v) is 10.1. The highest BCUT2D eigenvalue weighted by atomic mass is 32.2. The molecule has 0 aromatic carbocycles. The number of nitrogens with zero attached hydrogens (tertiary/aromatic N) is 8. The molecule has 1 fully saturated rings. The summed E-state index contributed by atoms with van der Waals surface area (Å²) in [6.07, 6.45) is 0. The largest absolute Gasteiger partial charge is 0.492 e. The first-order valence-electron chi connectivity index (χ1n) is 11.2. The molecule has 0 aliphatic carbocycles. The molecule has 4 rings (SSSR count). The first-order valence-corrected chi connectivity index (χ1v) is 13.0. The van der Waals surface area contributed by atoms with Crippen LogP contribution in [0.3, 0.4) is 0 Å². The fourth-order valence-electron chi connectivity index (χ4n) is 3.51. The Morgan fingerprint density at radius 3 is 2.87 bits per heavy atom. The molecule has 0 bridgehead atoms. The van der Waals surface area contributed by atoms with Crippen molar-refractivity contribution in [2.24, 2.45) is 11.1 Å². The molecule has 0 spiro atoms. The second kappa shape index (κ2) is 11.7. The van der Waals surface area contributed by atoms with Crippen molar-refractivity contribution in [3.8, 4) is 0 Å². The summed E-state index contributed by atoms with van der Waals surface area (Å²) in [7, 11) is 0. The Kier molecular flexibility index (Phi) is 8.37. The number of nitrogens with two attached hydrogens (primary N) is 1. The van der Waals surface area contributed by atoms with Gasteiger partial charge in [-0.25, -0.2) is 9.48 Å². The van der Waals surface area contributed by atoms with Gasteiger partial charge in [-0.2, -0.15) is 9.36 Å². The molecule has 2 aromatic heterocycles. The number of aliphatic hydroxyl groups excluding tert-OH is 1. The van der Waals surface area contributed by atoms with Crippen molar-refractivity contribution in [3.05, 3.63) is 17.3 Å². The number of oxime groups is 1. The molecule has 2 aromatic rings. The Labute approximate surface area is 223 Å². The number of nitrogen functional groups attached to an aromatic ring is 1. The number of carbonyl (C=O) groups is 3. The summed E-state index contributed by atoms with van der Waals surface area (Å²) in [4.78, 5) is 48.4. The van der Waals surface area contributed by atoms with Crippen LogP contribution in [0.5, 0.6) is 0 Å². The number of fused-ring (bicyclic) bond motifs is 1. The Balaban J connectivity index is 1.48. The maximum atomic E-state index is 13.0. The van der Waals surface area contributed by atoms with Gasteiger partial charge in [0.25, 0.3) is 11.8 Å². The fourth-order valence-corrected chi connectivity index (χ4v) is 4.80. The van der Waals surface area contributed by atoms with E-state index < -0.39 is 29.9 Å². The Bertz CT molecular complexity index is 1280. The van der Waals surface area contributed by atoms with Gasteiger partial charge in [0.1, 0.15) is 31.1 Å². The van der Waals surface area contributed by atoms with Crippen molar-refractivity contribution >= 4 is 51.9 Å². The molecule has 1 saturated heterocycles. The lowest BCUT2D eigenvalue weighted by molar-refractivity contribution is -0.160. The third-order valence-corrected chi connectivity index (χ3v) is 6.72. The maximum absolute atomic E-state index is 13.0. The van der Waals surface area contributed by atoms with Gasteiger partial charge in [0.05, 0.1) is 18.9 Å². The SMILES string of the molecule is CC(C)CO/N=C(\C(=O)N[C@@H]1C(=O)N2C(C(=O)O)=C(CSc3nnnn3CCO)OC[C@H]12)c1nsc(N)n1. The van der Waals surface area contributed by atoms with Crippen molar-refractivity contribution < 1.29 is 34.2 Å². The monoisotopic (exact) mass is 568 g/mol. The van der Waals surface area contributed by atoms with Crippen LogP contribution < -0.4 is 11.1 Å². The fraction of sp³-hybridized carbons (Fsp3) is 0.526. The number of carboxylic acid groups (broad SMARTS) is 1. The number of amides is 2. The number of carboxylic acids is 1. The molecule has 4 heterocycles. The smallest absolute Gasteiger partial charge is 0.356 e. The number of aliphatic hydroxyl groups is 1. The van der Waals surface area contributed by atoms with E-state index in [0.29, 0.717) is 5.16 Å². The van der Waals surface area contributed by atoms with Gasteiger partial charge in [-0.1, -0.05) is 30.8 Å². The molecule has 2 aliphatic heterocycles. The molecule has 0 radical (unpaired) electrons. The van der Waals surface area contributed by atoms with Crippen LogP contribution >= 0.6 is 23.3 Å². The van der Waals surface area contributed by atoms with E-state index in [1.807, 2.05) is 13.8 Å². The maximum Gasteiger partial charge on any atom is 0.356 e. The first kappa shape index (κ1) is 27.2. The number of thioether (sulfide) groups is 1. The molecule has 0 saturated carbocycles. The Morgan fingerprint density at radius 1 is 1.42 bits per heavy atom. The summed E-state index contributed by atoms with van der Waals surface area (Å²) in [6, 6.07) is -1.84. The number of ether oxygens (including phenoxy) is 1. The lowest BCUT2D eigenvalue weighted by Gasteiger charge is -2.49. The zero-order valence-corrected chi connectivity index (χ0v) is 21.8. The van der Waals surface area contributed by atoms with Crippen LogP contribution in [0.1, 0.15) is 19.7 Å². The van der Waals surface area contributed by atoms with Crippen molar-refractivity contribution in [2.45, 2.75) is 37.6 Å². The van der Waals surface area contributed by atoms with Crippen molar-refractivity contribution in [2.75, 3.05) is 31.3 Å². The second-order valence-electron chi connectivity index (χ2n) is 8.40. The average Bonchev–Trinajstić information content (AvgIpc) is 3.51. The normalized spacial score (nSPS) is 19.2. The molecule has 2 amide bonds. The lowest BCUT2D eigenvalue weighted by atomic mass is 9.92. The lowest BCUT2D eigenvalue weighted by Crippen LogP contribution is -2.73. The van der Waals surface area contributed by atoms with Gasteiger partial charge in [-0.05, 0) is 16.3 Å². The third-order valence-electron chi connectivity index (χ3n) is 5.22. The zero-order valence-electron chi connectivity index (χ0n) is 20.2. The molecule has 19 heteroatoms. The molecule has 5 N–H and O–H groups in total. The van der Waals surface area contributed by atoms with Crippen molar-refractivity contribution in [1.82, 2.24) is 39.8 Å². The molecule has 17 nitrogen and oxygen atoms in total. The number of aliphatic carboxylic acids is 1. The van der Waals surface area contributed by atoms with Crippen molar-refractivity contribution in [3.63, 3.8) is 0 Å². The molecular formula is C19H24N10O7S2. The molecule has 38 heavy (non-hydrogen) atoms. The molecular weight excluding hydrogens is 544 g/mol. The summed E-state index contributed by atoms with van der Waals surface area (Å²) in [5.74, 6) is -2.67. The minimum atomic E-state index is -1.37. The van der Waals surface area contributed by atoms with Crippen LogP contribution in [0.25, 0.3) is 0 Å². The number of hydrogen-bond donors (Lipinski definition) is 4. The van der Waals surface area contributed by atoms with E-state index in [2.05, 4.69) is 35.4 Å². The van der Waals surface area contributed by atoms with Gasteiger partial charge in [0.2, 0.25) is 16.7 Å². The van der Waals surface area contributed by atoms with Crippen molar-refractivity contribution in [1.29, 1.82) is 0 Å². The van der Waals surface area contributed by atoms with E-state index in [1.54, 1.807) is 0 Å². The van der Waals surface area contributed by atoms with Crippen LogP contribution in [0, 0.1) is 5.92 Å². The van der Waals surface area contributed by atoms with Gasteiger partial charge in [0, 0.05) is 11.5 Å². The van der Waals surface area contributed by atoms with Gasteiger partial charge in [-0.3, -0.25) is 14.5 Å². The Morgan fingerprint density at radius 2 is 2.21 bits per heavy atom. The van der Waals surface area contributed by atoms with Crippen LogP contribution in [0.15, 0.2) is 21.8 Å². The molecule has 204 valence electrons. The third kappa shape index (κ3) is 5.68. The van der Waals surface area contributed by atoms with Crippen LogP contribution in [-0.2, 0) is 30.5 Å². The van der Waals surface area contributed by atoms with Gasteiger partial charge in [0.15, 0.2) is 10.8 Å². The number of nitrogens with one attached hydrogen (secondary N) is 1.